The van der Waals surface area contributed by atoms with Gasteiger partial charge in [-0.2, -0.15) is 5.10 Å². The molecule has 7 heteroatoms. The molecular weight excluding hydrogens is 357 g/mol. The van der Waals surface area contributed by atoms with E-state index < -0.39 is 0 Å². The Morgan fingerprint density at radius 2 is 2.07 bits per heavy atom. The topological polar surface area (TPSA) is 73.9 Å². The molecule has 0 radical (unpaired) electrons. The lowest BCUT2D eigenvalue weighted by atomic mass is 9.89. The number of H-pyrrole nitrogens is 1. The molecule has 1 saturated heterocycles. The molecule has 1 amide bonds. The van der Waals surface area contributed by atoms with Crippen LogP contribution in [-0.2, 0) is 0 Å². The van der Waals surface area contributed by atoms with Gasteiger partial charge in [0.25, 0.3) is 5.91 Å². The summed E-state index contributed by atoms with van der Waals surface area (Å²) in [7, 11) is 1.62. The van der Waals surface area contributed by atoms with Gasteiger partial charge in [-0.05, 0) is 42.7 Å². The molecular formula is C21H22FN5O. The Kier molecular flexibility index (Phi) is 5.06. The van der Waals surface area contributed by atoms with Gasteiger partial charge in [0, 0.05) is 43.5 Å². The van der Waals surface area contributed by atoms with Gasteiger partial charge in [-0.3, -0.25) is 9.89 Å². The Labute approximate surface area is 162 Å². The molecule has 3 heterocycles. The maximum atomic E-state index is 13.6. The smallest absolute Gasteiger partial charge is 0.254 e. The lowest BCUT2D eigenvalue weighted by molar-refractivity contribution is 0.0963. The van der Waals surface area contributed by atoms with Crippen LogP contribution in [0.5, 0.6) is 0 Å². The molecule has 0 saturated carbocycles. The molecule has 1 fully saturated rings. The molecule has 2 aromatic heterocycles. The Bertz CT molecular complexity index is 978. The third-order valence-electron chi connectivity index (χ3n) is 5.27. The van der Waals surface area contributed by atoms with E-state index in [0.29, 0.717) is 11.5 Å². The van der Waals surface area contributed by atoms with Crippen LogP contribution >= 0.6 is 0 Å². The van der Waals surface area contributed by atoms with Gasteiger partial charge in [0.1, 0.15) is 11.6 Å². The van der Waals surface area contributed by atoms with Crippen LogP contribution in [0.15, 0.2) is 48.8 Å². The van der Waals surface area contributed by atoms with E-state index in [-0.39, 0.29) is 11.7 Å². The molecule has 1 aliphatic rings. The van der Waals surface area contributed by atoms with Crippen LogP contribution < -0.4 is 10.2 Å². The first-order valence-corrected chi connectivity index (χ1v) is 9.38. The van der Waals surface area contributed by atoms with E-state index in [2.05, 4.69) is 25.4 Å². The highest BCUT2D eigenvalue weighted by Crippen LogP contribution is 2.35. The van der Waals surface area contributed by atoms with Crippen molar-refractivity contribution in [3.8, 4) is 11.1 Å². The molecule has 2 N–H and O–H groups in total. The number of anilines is 1. The Balaban J connectivity index is 1.52. The van der Waals surface area contributed by atoms with E-state index in [0.717, 1.165) is 48.6 Å². The minimum atomic E-state index is -0.253. The van der Waals surface area contributed by atoms with Crippen molar-refractivity contribution in [1.82, 2.24) is 20.5 Å². The number of hydrogen-bond acceptors (Lipinski definition) is 4. The molecule has 144 valence electrons. The fourth-order valence-electron chi connectivity index (χ4n) is 3.83. The van der Waals surface area contributed by atoms with Crippen LogP contribution in [0.2, 0.25) is 0 Å². The molecule has 1 aliphatic heterocycles. The van der Waals surface area contributed by atoms with E-state index in [1.807, 2.05) is 6.07 Å². The van der Waals surface area contributed by atoms with Crippen LogP contribution in [0.3, 0.4) is 0 Å². The molecule has 0 spiro atoms. The number of rotatable bonds is 4. The summed E-state index contributed by atoms with van der Waals surface area (Å²) in [6, 6.07) is 10.2. The monoisotopic (exact) mass is 379 g/mol. The molecule has 4 rings (SSSR count). The number of pyridine rings is 1. The van der Waals surface area contributed by atoms with Crippen molar-refractivity contribution in [2.75, 3.05) is 25.0 Å². The summed E-state index contributed by atoms with van der Waals surface area (Å²) in [6.07, 6.45) is 5.27. The second kappa shape index (κ2) is 7.80. The Morgan fingerprint density at radius 1 is 1.25 bits per heavy atom. The summed E-state index contributed by atoms with van der Waals surface area (Å²) in [5.41, 5.74) is 3.41. The van der Waals surface area contributed by atoms with Crippen LogP contribution in [0.1, 0.15) is 34.8 Å². The third kappa shape index (κ3) is 3.47. The number of hydrogen-bond donors (Lipinski definition) is 2. The molecule has 0 bridgehead atoms. The van der Waals surface area contributed by atoms with Crippen LogP contribution in [0.4, 0.5) is 10.2 Å². The SMILES string of the molecule is CNC(=O)c1cccnc1N1CCC(c2[nH]ncc2-c2cccc(F)c2)CC1. The van der Waals surface area contributed by atoms with Crippen molar-refractivity contribution >= 4 is 11.7 Å². The van der Waals surface area contributed by atoms with Crippen molar-refractivity contribution in [3.63, 3.8) is 0 Å². The minimum absolute atomic E-state index is 0.132. The summed E-state index contributed by atoms with van der Waals surface area (Å²) in [6.45, 7) is 1.57. The van der Waals surface area contributed by atoms with E-state index >= 15 is 0 Å². The van der Waals surface area contributed by atoms with Crippen molar-refractivity contribution in [2.24, 2.45) is 0 Å². The number of aromatic nitrogens is 3. The highest BCUT2D eigenvalue weighted by atomic mass is 19.1. The largest absolute Gasteiger partial charge is 0.356 e. The summed E-state index contributed by atoms with van der Waals surface area (Å²) in [5.74, 6) is 0.628. The quantitative estimate of drug-likeness (QED) is 0.729. The average Bonchev–Trinajstić information content (AvgIpc) is 3.23. The number of carbonyl (C=O) groups is 1. The summed E-state index contributed by atoms with van der Waals surface area (Å²) in [5, 5.41) is 9.99. The number of aromatic amines is 1. The number of nitrogens with one attached hydrogen (secondary N) is 2. The van der Waals surface area contributed by atoms with E-state index in [1.165, 1.54) is 12.1 Å². The van der Waals surface area contributed by atoms with Gasteiger partial charge < -0.3 is 10.2 Å². The first-order valence-electron chi connectivity index (χ1n) is 9.38. The van der Waals surface area contributed by atoms with E-state index in [1.54, 1.807) is 37.6 Å². The summed E-state index contributed by atoms with van der Waals surface area (Å²) in [4.78, 5) is 18.7. The zero-order chi connectivity index (χ0) is 19.5. The normalized spacial score (nSPS) is 14.9. The Morgan fingerprint density at radius 3 is 2.82 bits per heavy atom. The lowest BCUT2D eigenvalue weighted by Gasteiger charge is -2.33. The number of nitrogens with zero attached hydrogens (tertiary/aromatic N) is 3. The number of halogens is 1. The molecule has 0 atom stereocenters. The van der Waals surface area contributed by atoms with Gasteiger partial charge in [0.05, 0.1) is 11.8 Å². The predicted octanol–water partition coefficient (Wildman–Crippen LogP) is 3.35. The second-order valence-electron chi connectivity index (χ2n) is 6.92. The minimum Gasteiger partial charge on any atom is -0.356 e. The number of piperidine rings is 1. The van der Waals surface area contributed by atoms with E-state index in [9.17, 15) is 9.18 Å². The first-order chi connectivity index (χ1) is 13.7. The molecule has 3 aromatic rings. The van der Waals surface area contributed by atoms with Crippen LogP contribution in [0.25, 0.3) is 11.1 Å². The number of carbonyl (C=O) groups excluding carboxylic acids is 1. The molecule has 0 unspecified atom stereocenters. The van der Waals surface area contributed by atoms with Gasteiger partial charge in [-0.1, -0.05) is 12.1 Å². The zero-order valence-corrected chi connectivity index (χ0v) is 15.7. The van der Waals surface area contributed by atoms with Crippen molar-refractivity contribution in [2.45, 2.75) is 18.8 Å². The van der Waals surface area contributed by atoms with E-state index in [4.69, 9.17) is 0 Å². The standard InChI is InChI=1S/C21H22FN5O/c1-23-21(28)17-6-3-9-24-20(17)27-10-7-14(8-11-27)19-18(13-25-26-19)15-4-2-5-16(22)12-15/h2-6,9,12-14H,7-8,10-11H2,1H3,(H,23,28)(H,25,26). The molecule has 1 aromatic carbocycles. The molecule has 6 nitrogen and oxygen atoms in total. The number of benzene rings is 1. The van der Waals surface area contributed by atoms with Crippen molar-refractivity contribution in [3.05, 3.63) is 65.9 Å². The number of amides is 1. The first kappa shape index (κ1) is 18.2. The van der Waals surface area contributed by atoms with Crippen LogP contribution in [0, 0.1) is 5.82 Å². The highest BCUT2D eigenvalue weighted by Gasteiger charge is 2.27. The predicted molar refractivity (Wildman–Crippen MR) is 106 cm³/mol. The van der Waals surface area contributed by atoms with Gasteiger partial charge in [-0.15, -0.1) is 0 Å². The van der Waals surface area contributed by atoms with Gasteiger partial charge in [-0.25, -0.2) is 9.37 Å². The van der Waals surface area contributed by atoms with Crippen molar-refractivity contribution in [1.29, 1.82) is 0 Å². The van der Waals surface area contributed by atoms with Crippen molar-refractivity contribution < 1.29 is 9.18 Å². The Hall–Kier alpha value is -3.22. The fourth-order valence-corrected chi connectivity index (χ4v) is 3.83. The highest BCUT2D eigenvalue weighted by molar-refractivity contribution is 5.98. The molecule has 28 heavy (non-hydrogen) atoms. The average molecular weight is 379 g/mol. The summed E-state index contributed by atoms with van der Waals surface area (Å²) < 4.78 is 13.6. The second-order valence-corrected chi connectivity index (χ2v) is 6.92. The van der Waals surface area contributed by atoms with Crippen LogP contribution in [-0.4, -0.2) is 41.2 Å². The fraction of sp³-hybridized carbons (Fsp3) is 0.286. The maximum Gasteiger partial charge on any atom is 0.254 e. The van der Waals surface area contributed by atoms with Gasteiger partial charge in [0.15, 0.2) is 0 Å². The lowest BCUT2D eigenvalue weighted by Crippen LogP contribution is -2.35. The molecule has 0 aliphatic carbocycles. The third-order valence-corrected chi connectivity index (χ3v) is 5.27. The zero-order valence-electron chi connectivity index (χ0n) is 15.7. The van der Waals surface area contributed by atoms with Gasteiger partial charge >= 0.3 is 0 Å². The maximum absolute atomic E-state index is 13.6. The van der Waals surface area contributed by atoms with Gasteiger partial charge in [0.2, 0.25) is 0 Å². The summed E-state index contributed by atoms with van der Waals surface area (Å²) >= 11 is 0.